The molecular weight excluding hydrogens is 422 g/mol. The smallest absolute Gasteiger partial charge is 0.264 e. The van der Waals surface area contributed by atoms with Crippen molar-refractivity contribution in [2.75, 3.05) is 6.54 Å². The predicted octanol–water partition coefficient (Wildman–Crippen LogP) is 4.21. The van der Waals surface area contributed by atoms with Crippen molar-refractivity contribution >= 4 is 30.0 Å². The summed E-state index contributed by atoms with van der Waals surface area (Å²) in [5, 5.41) is 17.8. The van der Waals surface area contributed by atoms with Crippen molar-refractivity contribution in [2.24, 2.45) is 5.10 Å². The summed E-state index contributed by atoms with van der Waals surface area (Å²) in [5.74, 6) is -0.287. The average molecular weight is 442 g/mol. The maximum Gasteiger partial charge on any atom is 0.264 e. The molecule has 154 valence electrons. The topological polar surface area (TPSA) is 86.5 Å². The van der Waals surface area contributed by atoms with E-state index in [1.54, 1.807) is 30.5 Å². The van der Waals surface area contributed by atoms with E-state index < -0.39 is 5.56 Å². The second kappa shape index (κ2) is 8.81. The number of pyridine rings is 1. The van der Waals surface area contributed by atoms with E-state index in [4.69, 9.17) is 23.8 Å². The summed E-state index contributed by atoms with van der Waals surface area (Å²) in [6.45, 7) is 0.752. The Morgan fingerprint density at radius 2 is 2.17 bits per heavy atom. The molecule has 4 rings (SSSR count). The number of piperidine rings is 1. The second-order valence-electron chi connectivity index (χ2n) is 7.02. The maximum absolute atomic E-state index is 12.5. The molecule has 1 saturated heterocycles. The molecule has 7 nitrogen and oxygen atoms in total. The molecule has 3 heterocycles. The van der Waals surface area contributed by atoms with Gasteiger partial charge in [-0.25, -0.2) is 0 Å². The molecule has 0 amide bonds. The first kappa shape index (κ1) is 20.3. The standard InChI is InChI=1S/C21H20ClN5O2S/c22-15-6-3-7-16(11-15)27-20(29)17(19(28)25-21(27)30)13-24-26-10-2-1-8-18(26)14-5-4-9-23-12-14/h3-7,9,11-13,18,29H,1-2,8,10H2,(H,25,28,30)/t18-/m0/s1. The van der Waals surface area contributed by atoms with Crippen molar-refractivity contribution in [3.05, 3.63) is 80.1 Å². The predicted molar refractivity (Wildman–Crippen MR) is 119 cm³/mol. The van der Waals surface area contributed by atoms with Gasteiger partial charge in [0, 0.05) is 24.0 Å². The van der Waals surface area contributed by atoms with Crippen molar-refractivity contribution in [2.45, 2.75) is 25.3 Å². The number of nitrogens with zero attached hydrogens (tertiary/aromatic N) is 4. The van der Waals surface area contributed by atoms with Gasteiger partial charge in [-0.2, -0.15) is 5.10 Å². The summed E-state index contributed by atoms with van der Waals surface area (Å²) >= 11 is 11.3. The summed E-state index contributed by atoms with van der Waals surface area (Å²) in [6, 6.07) is 10.8. The fraction of sp³-hybridized carbons (Fsp3) is 0.238. The van der Waals surface area contributed by atoms with Crippen LogP contribution >= 0.6 is 23.8 Å². The van der Waals surface area contributed by atoms with Gasteiger partial charge in [0.1, 0.15) is 5.56 Å². The molecule has 1 aromatic carbocycles. The first-order chi connectivity index (χ1) is 14.5. The van der Waals surface area contributed by atoms with Crippen LogP contribution in [0.15, 0.2) is 58.7 Å². The number of hydrogen-bond donors (Lipinski definition) is 2. The highest BCUT2D eigenvalue weighted by molar-refractivity contribution is 7.71. The molecule has 0 unspecified atom stereocenters. The van der Waals surface area contributed by atoms with Gasteiger partial charge in [-0.05, 0) is 61.3 Å². The lowest BCUT2D eigenvalue weighted by Gasteiger charge is -2.33. The zero-order valence-electron chi connectivity index (χ0n) is 16.0. The molecule has 2 aromatic heterocycles. The van der Waals surface area contributed by atoms with E-state index in [-0.39, 0.29) is 22.3 Å². The molecule has 0 aliphatic carbocycles. The number of halogens is 1. The van der Waals surface area contributed by atoms with Gasteiger partial charge in [-0.3, -0.25) is 24.3 Å². The monoisotopic (exact) mass is 441 g/mol. The van der Waals surface area contributed by atoms with Crippen LogP contribution in [-0.2, 0) is 0 Å². The molecule has 1 aliphatic heterocycles. The van der Waals surface area contributed by atoms with Gasteiger partial charge in [-0.15, -0.1) is 0 Å². The van der Waals surface area contributed by atoms with Gasteiger partial charge in [0.05, 0.1) is 17.9 Å². The highest BCUT2D eigenvalue weighted by Gasteiger charge is 2.23. The third-order valence-corrected chi connectivity index (χ3v) is 5.59. The highest BCUT2D eigenvalue weighted by Crippen LogP contribution is 2.30. The number of hydrazone groups is 1. The third-order valence-electron chi connectivity index (χ3n) is 5.07. The van der Waals surface area contributed by atoms with Crippen LogP contribution in [0, 0.1) is 4.77 Å². The number of hydrogen-bond acceptors (Lipinski definition) is 6. The molecule has 30 heavy (non-hydrogen) atoms. The van der Waals surface area contributed by atoms with Crippen molar-refractivity contribution in [1.82, 2.24) is 19.5 Å². The van der Waals surface area contributed by atoms with Crippen LogP contribution in [0.1, 0.15) is 36.4 Å². The fourth-order valence-corrected chi connectivity index (χ4v) is 4.08. The van der Waals surface area contributed by atoms with Gasteiger partial charge >= 0.3 is 0 Å². The van der Waals surface area contributed by atoms with Crippen LogP contribution in [-0.4, -0.2) is 37.4 Å². The Bertz CT molecular complexity index is 1190. The van der Waals surface area contributed by atoms with Gasteiger partial charge in [0.2, 0.25) is 5.88 Å². The number of nitrogens with one attached hydrogen (secondary N) is 1. The molecule has 1 atom stereocenters. The van der Waals surface area contributed by atoms with E-state index in [1.165, 1.54) is 10.8 Å². The summed E-state index contributed by atoms with van der Waals surface area (Å²) in [5.41, 5.74) is 1.14. The maximum atomic E-state index is 12.5. The minimum absolute atomic E-state index is 0.0269. The number of benzene rings is 1. The molecule has 0 saturated carbocycles. The van der Waals surface area contributed by atoms with E-state index >= 15 is 0 Å². The van der Waals surface area contributed by atoms with Crippen molar-refractivity contribution < 1.29 is 5.11 Å². The minimum Gasteiger partial charge on any atom is -0.494 e. The Balaban J connectivity index is 1.72. The first-order valence-corrected chi connectivity index (χ1v) is 10.4. The lowest BCUT2D eigenvalue weighted by molar-refractivity contribution is 0.156. The Morgan fingerprint density at radius 3 is 2.93 bits per heavy atom. The largest absolute Gasteiger partial charge is 0.494 e. The SMILES string of the molecule is O=c1[nH]c(=S)n(-c2cccc(Cl)c2)c(O)c1C=NN1CCCC[C@H]1c1cccnc1. The van der Waals surface area contributed by atoms with Gasteiger partial charge in [0.25, 0.3) is 5.56 Å². The number of aromatic hydroxyl groups is 1. The molecule has 0 spiro atoms. The summed E-state index contributed by atoms with van der Waals surface area (Å²) < 4.78 is 1.43. The lowest BCUT2D eigenvalue weighted by Crippen LogP contribution is -2.29. The van der Waals surface area contributed by atoms with E-state index in [0.717, 1.165) is 31.4 Å². The quantitative estimate of drug-likeness (QED) is 0.468. The van der Waals surface area contributed by atoms with E-state index in [2.05, 4.69) is 15.1 Å². The zero-order chi connectivity index (χ0) is 21.1. The van der Waals surface area contributed by atoms with Gasteiger partial charge < -0.3 is 5.11 Å². The number of H-pyrrole nitrogens is 1. The highest BCUT2D eigenvalue weighted by atomic mass is 35.5. The first-order valence-electron chi connectivity index (χ1n) is 9.59. The summed E-state index contributed by atoms with van der Waals surface area (Å²) in [7, 11) is 0. The van der Waals surface area contributed by atoms with E-state index in [9.17, 15) is 9.90 Å². The number of aromatic nitrogens is 3. The molecule has 3 aromatic rings. The average Bonchev–Trinajstić information content (AvgIpc) is 2.74. The molecule has 0 radical (unpaired) electrons. The number of rotatable bonds is 4. The normalized spacial score (nSPS) is 16.8. The Kier molecular flexibility index (Phi) is 5.96. The van der Waals surface area contributed by atoms with Crippen LogP contribution in [0.4, 0.5) is 0 Å². The summed E-state index contributed by atoms with van der Waals surface area (Å²) in [4.78, 5) is 19.3. The van der Waals surface area contributed by atoms with Crippen LogP contribution in [0.3, 0.4) is 0 Å². The van der Waals surface area contributed by atoms with E-state index in [0.29, 0.717) is 10.7 Å². The molecule has 2 N–H and O–H groups in total. The van der Waals surface area contributed by atoms with E-state index in [1.807, 2.05) is 23.3 Å². The van der Waals surface area contributed by atoms with Crippen molar-refractivity contribution in [3.8, 4) is 11.6 Å². The van der Waals surface area contributed by atoms with Gasteiger partial charge in [-0.1, -0.05) is 23.7 Å². The fourth-order valence-electron chi connectivity index (χ4n) is 3.61. The molecular formula is C21H20ClN5O2S. The molecule has 1 fully saturated rings. The second-order valence-corrected chi connectivity index (χ2v) is 7.84. The van der Waals surface area contributed by atoms with Gasteiger partial charge in [0.15, 0.2) is 4.77 Å². The van der Waals surface area contributed by atoms with Crippen LogP contribution in [0.5, 0.6) is 5.88 Å². The Hall–Kier alpha value is -2.97. The Labute approximate surface area is 183 Å². The lowest BCUT2D eigenvalue weighted by atomic mass is 9.98. The van der Waals surface area contributed by atoms with Crippen LogP contribution in [0.25, 0.3) is 5.69 Å². The zero-order valence-corrected chi connectivity index (χ0v) is 17.6. The summed E-state index contributed by atoms with van der Waals surface area (Å²) in [6.07, 6.45) is 8.00. The van der Waals surface area contributed by atoms with Crippen LogP contribution in [0.2, 0.25) is 5.02 Å². The minimum atomic E-state index is -0.505. The molecule has 1 aliphatic rings. The number of aromatic amines is 1. The third kappa shape index (κ3) is 4.15. The van der Waals surface area contributed by atoms with Crippen molar-refractivity contribution in [3.63, 3.8) is 0 Å². The molecule has 0 bridgehead atoms. The molecule has 9 heteroatoms. The van der Waals surface area contributed by atoms with Crippen molar-refractivity contribution in [1.29, 1.82) is 0 Å². The Morgan fingerprint density at radius 1 is 1.30 bits per heavy atom. The van der Waals surface area contributed by atoms with Crippen LogP contribution < -0.4 is 5.56 Å².